The highest BCUT2D eigenvalue weighted by atomic mass is 15.4. The fourth-order valence-corrected chi connectivity index (χ4v) is 4.20. The fraction of sp³-hybridized carbons (Fsp3) is 0.684. The number of rotatable bonds is 6. The number of nitrogens with zero attached hydrogens (tertiary/aromatic N) is 6. The van der Waals surface area contributed by atoms with E-state index in [4.69, 9.17) is 9.97 Å². The van der Waals surface area contributed by atoms with Crippen LogP contribution in [0.5, 0.6) is 0 Å². The van der Waals surface area contributed by atoms with Crippen LogP contribution in [-0.4, -0.2) is 68.8 Å². The molecule has 1 saturated carbocycles. The smallest absolute Gasteiger partial charge is 0.235 e. The summed E-state index contributed by atoms with van der Waals surface area (Å²) < 4.78 is 0. The van der Waals surface area contributed by atoms with Crippen LogP contribution in [0.15, 0.2) is 6.07 Å². The Hall–Kier alpha value is -2.42. The molecule has 0 spiro atoms. The van der Waals surface area contributed by atoms with Crippen LogP contribution in [0.25, 0.3) is 0 Å². The zero-order valence-corrected chi connectivity index (χ0v) is 16.6. The van der Waals surface area contributed by atoms with Gasteiger partial charge in [-0.1, -0.05) is 0 Å². The van der Waals surface area contributed by atoms with E-state index in [-0.39, 0.29) is 0 Å². The number of anilines is 4. The number of likely N-dealkylation sites (N-methyl/N-ethyl adjacent to an activating group) is 1. The van der Waals surface area contributed by atoms with Crippen molar-refractivity contribution >= 4 is 23.7 Å². The first kappa shape index (κ1) is 17.7. The molecule has 1 aliphatic carbocycles. The number of aromatic nitrogens is 5. The van der Waals surface area contributed by atoms with Crippen molar-refractivity contribution in [3.05, 3.63) is 11.8 Å². The molecule has 0 amide bonds. The maximum Gasteiger partial charge on any atom is 0.235 e. The van der Waals surface area contributed by atoms with Crippen molar-refractivity contribution in [1.29, 1.82) is 0 Å². The molecule has 1 unspecified atom stereocenters. The third-order valence-corrected chi connectivity index (χ3v) is 6.01. The number of nitrogens with one attached hydrogen (secondary N) is 3. The third-order valence-electron chi connectivity index (χ3n) is 6.01. The number of H-pyrrole nitrogens is 1. The van der Waals surface area contributed by atoms with Gasteiger partial charge in [-0.25, -0.2) is 0 Å². The zero-order chi connectivity index (χ0) is 19.1. The first-order valence-corrected chi connectivity index (χ1v) is 10.4. The molecule has 2 saturated heterocycles. The summed E-state index contributed by atoms with van der Waals surface area (Å²) in [5.74, 6) is 3.34. The second-order valence-corrected chi connectivity index (χ2v) is 8.47. The molecule has 4 heterocycles. The summed E-state index contributed by atoms with van der Waals surface area (Å²) in [7, 11) is 2.15. The number of hydrogen-bond acceptors (Lipinski definition) is 8. The van der Waals surface area contributed by atoms with Crippen molar-refractivity contribution < 1.29 is 0 Å². The Morgan fingerprint density at radius 3 is 2.64 bits per heavy atom. The lowest BCUT2D eigenvalue weighted by Gasteiger charge is -2.22. The van der Waals surface area contributed by atoms with E-state index in [0.717, 1.165) is 37.8 Å². The molecular formula is C19H29N9. The second-order valence-electron chi connectivity index (χ2n) is 8.47. The molecule has 2 aromatic rings. The van der Waals surface area contributed by atoms with Crippen molar-refractivity contribution in [3.63, 3.8) is 0 Å². The summed E-state index contributed by atoms with van der Waals surface area (Å²) >= 11 is 0. The van der Waals surface area contributed by atoms with Gasteiger partial charge in [0.25, 0.3) is 0 Å². The normalized spacial score (nSPS) is 25.4. The van der Waals surface area contributed by atoms with Gasteiger partial charge in [0.05, 0.1) is 0 Å². The van der Waals surface area contributed by atoms with Crippen LogP contribution in [-0.2, 0) is 0 Å². The van der Waals surface area contributed by atoms with Gasteiger partial charge in [0.2, 0.25) is 17.8 Å². The molecule has 2 atom stereocenters. The minimum absolute atomic E-state index is 0.371. The topological polar surface area (TPSA) is 97.9 Å². The van der Waals surface area contributed by atoms with Crippen molar-refractivity contribution in [1.82, 2.24) is 30.0 Å². The summed E-state index contributed by atoms with van der Waals surface area (Å²) in [6.07, 6.45) is 5.94. The van der Waals surface area contributed by atoms with E-state index in [2.05, 4.69) is 55.7 Å². The lowest BCUT2D eigenvalue weighted by molar-refractivity contribution is 0.414. The summed E-state index contributed by atoms with van der Waals surface area (Å²) in [5.41, 5.74) is 1.19. The van der Waals surface area contributed by atoms with E-state index in [1.54, 1.807) is 0 Å². The van der Waals surface area contributed by atoms with E-state index in [1.807, 2.05) is 0 Å². The van der Waals surface area contributed by atoms with Gasteiger partial charge in [-0.15, -0.1) is 0 Å². The quantitative estimate of drug-likeness (QED) is 0.699. The lowest BCUT2D eigenvalue weighted by Crippen LogP contribution is -2.30. The highest BCUT2D eigenvalue weighted by molar-refractivity contribution is 5.53. The molecule has 0 aromatic carbocycles. The molecule has 3 N–H and O–H groups in total. The predicted molar refractivity (Wildman–Crippen MR) is 109 cm³/mol. The predicted octanol–water partition coefficient (Wildman–Crippen LogP) is 2.32. The van der Waals surface area contributed by atoms with Crippen molar-refractivity contribution in [2.75, 3.05) is 42.2 Å². The zero-order valence-electron chi connectivity index (χ0n) is 16.6. The Bertz CT molecular complexity index is 831. The molecule has 9 heteroatoms. The van der Waals surface area contributed by atoms with E-state index in [1.165, 1.54) is 31.4 Å². The molecule has 0 radical (unpaired) electrons. The number of likely N-dealkylation sites (tertiary alicyclic amines) is 1. The summed E-state index contributed by atoms with van der Waals surface area (Å²) in [6.45, 7) is 5.33. The third kappa shape index (κ3) is 3.76. The molecular weight excluding hydrogens is 354 g/mol. The van der Waals surface area contributed by atoms with Gasteiger partial charge in [0.1, 0.15) is 0 Å². The second kappa shape index (κ2) is 7.20. The molecule has 2 aromatic heterocycles. The Labute approximate surface area is 165 Å². The van der Waals surface area contributed by atoms with E-state index in [0.29, 0.717) is 29.9 Å². The Morgan fingerprint density at radius 1 is 1.07 bits per heavy atom. The van der Waals surface area contributed by atoms with Gasteiger partial charge in [0.15, 0.2) is 5.82 Å². The van der Waals surface area contributed by atoms with Crippen LogP contribution in [0, 0.1) is 0 Å². The summed E-state index contributed by atoms with van der Waals surface area (Å²) in [5, 5.41) is 14.3. The first-order chi connectivity index (χ1) is 13.6. The minimum atomic E-state index is 0.371. The molecule has 0 bridgehead atoms. The molecule has 9 nitrogen and oxygen atoms in total. The van der Waals surface area contributed by atoms with Crippen molar-refractivity contribution in [2.45, 2.75) is 57.0 Å². The Balaban J connectivity index is 1.39. The average Bonchev–Trinajstić information content (AvgIpc) is 3.04. The highest BCUT2D eigenvalue weighted by Crippen LogP contribution is 2.39. The van der Waals surface area contributed by atoms with E-state index >= 15 is 0 Å². The SMILES string of the molecule is C[C@H]1CCCN1c1nc(Nc2cc(C3CC3)[nH]n2)nc(NC2CCN(C)C2)n1. The largest absolute Gasteiger partial charge is 0.350 e. The van der Waals surface area contributed by atoms with Crippen molar-refractivity contribution in [2.24, 2.45) is 0 Å². The summed E-state index contributed by atoms with van der Waals surface area (Å²) in [4.78, 5) is 18.7. The van der Waals surface area contributed by atoms with Crippen LogP contribution >= 0.6 is 0 Å². The first-order valence-electron chi connectivity index (χ1n) is 10.4. The molecule has 3 fully saturated rings. The van der Waals surface area contributed by atoms with Gasteiger partial charge in [-0.2, -0.15) is 20.1 Å². The minimum Gasteiger partial charge on any atom is -0.350 e. The lowest BCUT2D eigenvalue weighted by atomic mass is 10.2. The summed E-state index contributed by atoms with van der Waals surface area (Å²) in [6, 6.07) is 2.89. The average molecular weight is 384 g/mol. The molecule has 28 heavy (non-hydrogen) atoms. The number of hydrogen-bond donors (Lipinski definition) is 3. The van der Waals surface area contributed by atoms with Crippen LogP contribution in [0.2, 0.25) is 0 Å². The van der Waals surface area contributed by atoms with Crippen LogP contribution in [0.3, 0.4) is 0 Å². The fourth-order valence-electron chi connectivity index (χ4n) is 4.20. The standard InChI is InChI=1S/C19H29N9/c1-12-4-3-8-28(12)19-23-17(20-14-7-9-27(2)11-14)22-18(24-19)21-16-10-15(25-26-16)13-5-6-13/h10,12-14H,3-9,11H2,1-2H3,(H3,20,21,22,23,24,25,26)/t12-,14?/m0/s1. The van der Waals surface area contributed by atoms with Crippen LogP contribution in [0.1, 0.15) is 50.6 Å². The molecule has 150 valence electrons. The van der Waals surface area contributed by atoms with Crippen molar-refractivity contribution in [3.8, 4) is 0 Å². The highest BCUT2D eigenvalue weighted by Gasteiger charge is 2.27. The van der Waals surface area contributed by atoms with Gasteiger partial charge < -0.3 is 20.4 Å². The maximum absolute atomic E-state index is 4.75. The molecule has 2 aliphatic heterocycles. The number of aromatic amines is 1. The van der Waals surface area contributed by atoms with E-state index < -0.39 is 0 Å². The maximum atomic E-state index is 4.75. The van der Waals surface area contributed by atoms with Crippen LogP contribution < -0.4 is 15.5 Å². The monoisotopic (exact) mass is 383 g/mol. The van der Waals surface area contributed by atoms with Gasteiger partial charge in [-0.3, -0.25) is 5.10 Å². The van der Waals surface area contributed by atoms with Crippen LogP contribution in [0.4, 0.5) is 23.7 Å². The molecule has 3 aliphatic rings. The molecule has 5 rings (SSSR count). The van der Waals surface area contributed by atoms with Gasteiger partial charge in [-0.05, 0) is 52.6 Å². The Kier molecular flexibility index (Phi) is 4.54. The van der Waals surface area contributed by atoms with Gasteiger partial charge >= 0.3 is 0 Å². The van der Waals surface area contributed by atoms with Gasteiger partial charge in [0, 0.05) is 42.9 Å². The van der Waals surface area contributed by atoms with E-state index in [9.17, 15) is 0 Å². The Morgan fingerprint density at radius 2 is 1.93 bits per heavy atom.